The van der Waals surface area contributed by atoms with Crippen molar-refractivity contribution in [3.8, 4) is 11.5 Å². The van der Waals surface area contributed by atoms with E-state index < -0.39 is 6.23 Å². The van der Waals surface area contributed by atoms with E-state index in [0.29, 0.717) is 11.5 Å². The highest BCUT2D eigenvalue weighted by Gasteiger charge is 2.07. The second-order valence-corrected chi connectivity index (χ2v) is 3.08. The van der Waals surface area contributed by atoms with Crippen molar-refractivity contribution < 1.29 is 9.47 Å². The van der Waals surface area contributed by atoms with Gasteiger partial charge in [0.2, 0.25) is 0 Å². The molecular weight excluding hydrogens is 194 g/mol. The van der Waals surface area contributed by atoms with Crippen LogP contribution < -0.4 is 9.47 Å². The molecular formula is C10H13N3O2. The van der Waals surface area contributed by atoms with E-state index in [4.69, 9.17) is 15.0 Å². The number of hydrogen-bond acceptors (Lipinski definition) is 3. The molecule has 1 rings (SSSR count). The van der Waals surface area contributed by atoms with E-state index in [1.165, 1.54) is 0 Å². The summed E-state index contributed by atoms with van der Waals surface area (Å²) < 4.78 is 10.5. The average molecular weight is 207 g/mol. The minimum Gasteiger partial charge on any atom is -0.493 e. The van der Waals surface area contributed by atoms with Crippen molar-refractivity contribution in [2.75, 3.05) is 7.11 Å². The number of methoxy groups -OCH3 is 1. The minimum atomic E-state index is -0.549. The van der Waals surface area contributed by atoms with Gasteiger partial charge in [-0.25, -0.2) is 0 Å². The Labute approximate surface area is 88.3 Å². The van der Waals surface area contributed by atoms with E-state index in [-0.39, 0.29) is 0 Å². The van der Waals surface area contributed by atoms with Gasteiger partial charge in [0.05, 0.1) is 7.11 Å². The van der Waals surface area contributed by atoms with Crippen LogP contribution in [0.15, 0.2) is 23.3 Å². The second-order valence-electron chi connectivity index (χ2n) is 3.08. The molecule has 0 fully saturated rings. The van der Waals surface area contributed by atoms with E-state index in [1.54, 1.807) is 20.1 Å². The van der Waals surface area contributed by atoms with Gasteiger partial charge >= 0.3 is 0 Å². The van der Waals surface area contributed by atoms with E-state index in [9.17, 15) is 0 Å². The Balaban J connectivity index is 2.89. The van der Waals surface area contributed by atoms with Crippen LogP contribution in [0, 0.1) is 6.92 Å². The first-order valence-corrected chi connectivity index (χ1v) is 4.53. The quantitative estimate of drug-likeness (QED) is 0.432. The fraction of sp³-hybridized carbons (Fsp3) is 0.400. The number of ether oxygens (including phenoxy) is 2. The SMILES string of the molecule is COc1cc(C)ccc1OC(C)N=[N+]=[N-]. The van der Waals surface area contributed by atoms with Crippen molar-refractivity contribution in [2.45, 2.75) is 20.1 Å². The van der Waals surface area contributed by atoms with Crippen LogP contribution in [0.2, 0.25) is 0 Å². The summed E-state index contributed by atoms with van der Waals surface area (Å²) in [6, 6.07) is 5.55. The topological polar surface area (TPSA) is 67.2 Å². The van der Waals surface area contributed by atoms with Crippen molar-refractivity contribution in [2.24, 2.45) is 5.11 Å². The summed E-state index contributed by atoms with van der Waals surface area (Å²) in [6.45, 7) is 3.63. The summed E-state index contributed by atoms with van der Waals surface area (Å²) in [6.07, 6.45) is -0.549. The molecule has 0 aliphatic rings. The highest BCUT2D eigenvalue weighted by Crippen LogP contribution is 2.28. The molecule has 0 aliphatic carbocycles. The van der Waals surface area contributed by atoms with Crippen LogP contribution in [0.25, 0.3) is 10.4 Å². The third-order valence-corrected chi connectivity index (χ3v) is 1.83. The molecule has 1 aromatic rings. The summed E-state index contributed by atoms with van der Waals surface area (Å²) in [5, 5.41) is 3.42. The molecule has 0 saturated heterocycles. The lowest BCUT2D eigenvalue weighted by molar-refractivity contribution is 0.219. The Morgan fingerprint density at radius 1 is 1.40 bits per heavy atom. The van der Waals surface area contributed by atoms with Crippen molar-refractivity contribution in [1.29, 1.82) is 0 Å². The normalized spacial score (nSPS) is 11.4. The molecule has 0 heterocycles. The third kappa shape index (κ3) is 3.07. The molecule has 0 N–H and O–H groups in total. The van der Waals surface area contributed by atoms with Gasteiger partial charge in [-0.3, -0.25) is 0 Å². The van der Waals surface area contributed by atoms with E-state index in [0.717, 1.165) is 5.56 Å². The summed E-state index contributed by atoms with van der Waals surface area (Å²) >= 11 is 0. The van der Waals surface area contributed by atoms with Gasteiger partial charge in [-0.2, -0.15) is 0 Å². The van der Waals surface area contributed by atoms with Crippen molar-refractivity contribution in [1.82, 2.24) is 0 Å². The predicted molar refractivity (Wildman–Crippen MR) is 57.0 cm³/mol. The Hall–Kier alpha value is -1.87. The van der Waals surface area contributed by atoms with E-state index in [2.05, 4.69) is 10.0 Å². The van der Waals surface area contributed by atoms with Crippen molar-refractivity contribution in [3.05, 3.63) is 34.2 Å². The number of benzene rings is 1. The van der Waals surface area contributed by atoms with Crippen molar-refractivity contribution in [3.63, 3.8) is 0 Å². The standard InChI is InChI=1S/C10H13N3O2/c1-7-4-5-9(10(6-7)14-3)15-8(2)12-13-11/h4-6,8H,1-3H3. The molecule has 0 bridgehead atoms. The molecule has 80 valence electrons. The molecule has 5 heteroatoms. The first kappa shape index (κ1) is 11.2. The predicted octanol–water partition coefficient (Wildman–Crippen LogP) is 3.04. The van der Waals surface area contributed by atoms with Crippen LogP contribution in [0.3, 0.4) is 0 Å². The maximum absolute atomic E-state index is 8.23. The zero-order valence-corrected chi connectivity index (χ0v) is 8.97. The molecule has 5 nitrogen and oxygen atoms in total. The zero-order chi connectivity index (χ0) is 11.3. The van der Waals surface area contributed by atoms with Crippen LogP contribution in [0.5, 0.6) is 11.5 Å². The highest BCUT2D eigenvalue weighted by molar-refractivity contribution is 5.42. The fourth-order valence-electron chi connectivity index (χ4n) is 1.15. The number of nitrogens with zero attached hydrogens (tertiary/aromatic N) is 3. The lowest BCUT2D eigenvalue weighted by atomic mass is 10.2. The molecule has 0 aromatic heterocycles. The van der Waals surface area contributed by atoms with Gasteiger partial charge in [0, 0.05) is 4.91 Å². The summed E-state index contributed by atoms with van der Waals surface area (Å²) in [4.78, 5) is 2.66. The first-order chi connectivity index (χ1) is 7.17. The number of rotatable bonds is 4. The molecule has 0 spiro atoms. The Morgan fingerprint density at radius 3 is 2.73 bits per heavy atom. The monoisotopic (exact) mass is 207 g/mol. The smallest absolute Gasteiger partial charge is 0.175 e. The number of azide groups is 1. The molecule has 0 amide bonds. The van der Waals surface area contributed by atoms with Crippen LogP contribution in [0.4, 0.5) is 0 Å². The van der Waals surface area contributed by atoms with Gasteiger partial charge in [0.15, 0.2) is 17.7 Å². The van der Waals surface area contributed by atoms with Crippen molar-refractivity contribution >= 4 is 0 Å². The number of aryl methyl sites for hydroxylation is 1. The van der Waals surface area contributed by atoms with Gasteiger partial charge in [0.25, 0.3) is 0 Å². The number of hydrogen-bond donors (Lipinski definition) is 0. The third-order valence-electron chi connectivity index (χ3n) is 1.83. The molecule has 1 aromatic carbocycles. The fourth-order valence-corrected chi connectivity index (χ4v) is 1.15. The Bertz CT molecular complexity index is 386. The van der Waals surface area contributed by atoms with Crippen LogP contribution in [-0.4, -0.2) is 13.3 Å². The van der Waals surface area contributed by atoms with Crippen LogP contribution in [0.1, 0.15) is 12.5 Å². The van der Waals surface area contributed by atoms with Gasteiger partial charge in [-0.1, -0.05) is 11.2 Å². The summed E-state index contributed by atoms with van der Waals surface area (Å²) in [5.41, 5.74) is 9.31. The van der Waals surface area contributed by atoms with Gasteiger partial charge < -0.3 is 9.47 Å². The van der Waals surface area contributed by atoms with Crippen LogP contribution in [-0.2, 0) is 0 Å². The molecule has 15 heavy (non-hydrogen) atoms. The van der Waals surface area contributed by atoms with Gasteiger partial charge in [0.1, 0.15) is 0 Å². The lowest BCUT2D eigenvalue weighted by Crippen LogP contribution is -2.08. The van der Waals surface area contributed by atoms with Gasteiger partial charge in [-0.15, -0.1) is 0 Å². The lowest BCUT2D eigenvalue weighted by Gasteiger charge is -2.13. The second kappa shape index (κ2) is 5.12. The Kier molecular flexibility index (Phi) is 3.83. The highest BCUT2D eigenvalue weighted by atomic mass is 16.5. The molecule has 1 atom stereocenters. The van der Waals surface area contributed by atoms with E-state index in [1.807, 2.05) is 19.1 Å². The largest absolute Gasteiger partial charge is 0.493 e. The molecule has 0 aliphatic heterocycles. The maximum Gasteiger partial charge on any atom is 0.175 e. The minimum absolute atomic E-state index is 0.549. The molecule has 1 unspecified atom stereocenters. The molecule has 0 radical (unpaired) electrons. The summed E-state index contributed by atoms with van der Waals surface area (Å²) in [7, 11) is 1.57. The maximum atomic E-state index is 8.23. The first-order valence-electron chi connectivity index (χ1n) is 4.53. The van der Waals surface area contributed by atoms with E-state index >= 15 is 0 Å². The summed E-state index contributed by atoms with van der Waals surface area (Å²) in [5.74, 6) is 1.21. The average Bonchev–Trinajstić information content (AvgIpc) is 2.21. The zero-order valence-electron chi connectivity index (χ0n) is 8.97. The van der Waals surface area contributed by atoms with Gasteiger partial charge in [-0.05, 0) is 37.1 Å². The van der Waals surface area contributed by atoms with Crippen LogP contribution >= 0.6 is 0 Å². The Morgan fingerprint density at radius 2 is 2.13 bits per heavy atom. The molecule has 0 saturated carbocycles.